The van der Waals surface area contributed by atoms with Crippen LogP contribution in [0.3, 0.4) is 0 Å². The molecule has 1 aromatic carbocycles. The van der Waals surface area contributed by atoms with Gasteiger partial charge in [0.2, 0.25) is 0 Å². The highest BCUT2D eigenvalue weighted by atomic mass is 16.5. The monoisotopic (exact) mass is 233 g/mol. The van der Waals surface area contributed by atoms with Gasteiger partial charge in [0.05, 0.1) is 0 Å². The number of aryl methyl sites for hydroxylation is 2. The summed E-state index contributed by atoms with van der Waals surface area (Å²) in [6, 6.07) is 6.01. The van der Waals surface area contributed by atoms with Gasteiger partial charge in [0.15, 0.2) is 0 Å². The van der Waals surface area contributed by atoms with Crippen molar-refractivity contribution in [1.82, 2.24) is 0 Å². The second-order valence-electron chi connectivity index (χ2n) is 4.61. The average molecular weight is 233 g/mol. The molecule has 1 saturated heterocycles. The van der Waals surface area contributed by atoms with E-state index in [0.29, 0.717) is 6.61 Å². The van der Waals surface area contributed by atoms with Crippen LogP contribution in [0.25, 0.3) is 0 Å². The van der Waals surface area contributed by atoms with Crippen molar-refractivity contribution in [3.8, 4) is 0 Å². The number of carbonyl (C=O) groups is 1. The number of hydrogen-bond acceptors (Lipinski definition) is 2. The number of carbonyl (C=O) groups excluding carboxylic acids is 1. The zero-order valence-electron chi connectivity index (χ0n) is 10.5. The van der Waals surface area contributed by atoms with E-state index in [9.17, 15) is 4.79 Å². The molecular weight excluding hydrogens is 214 g/mol. The summed E-state index contributed by atoms with van der Waals surface area (Å²) >= 11 is 0. The van der Waals surface area contributed by atoms with Gasteiger partial charge >= 0.3 is 0 Å². The topological polar surface area (TPSA) is 38.3 Å². The molecule has 3 nitrogen and oxygen atoms in total. The smallest absolute Gasteiger partial charge is 0.253 e. The number of nitrogens with one attached hydrogen (secondary N) is 1. The number of rotatable bonds is 2. The fraction of sp³-hybridized carbons (Fsp3) is 0.500. The molecular formula is C14H19NO2. The van der Waals surface area contributed by atoms with E-state index in [4.69, 9.17) is 4.74 Å². The van der Waals surface area contributed by atoms with Gasteiger partial charge in [-0.05, 0) is 44.2 Å². The first-order valence-corrected chi connectivity index (χ1v) is 6.17. The van der Waals surface area contributed by atoms with E-state index in [1.54, 1.807) is 0 Å². The second kappa shape index (κ2) is 5.32. The van der Waals surface area contributed by atoms with Crippen molar-refractivity contribution in [2.24, 2.45) is 0 Å². The Hall–Kier alpha value is -1.35. The molecule has 92 valence electrons. The van der Waals surface area contributed by atoms with Gasteiger partial charge in [-0.2, -0.15) is 0 Å². The molecule has 1 atom stereocenters. The summed E-state index contributed by atoms with van der Waals surface area (Å²) in [4.78, 5) is 12.0. The van der Waals surface area contributed by atoms with Crippen LogP contribution in [0.15, 0.2) is 18.2 Å². The van der Waals surface area contributed by atoms with Crippen LogP contribution in [0.4, 0.5) is 5.69 Å². The standard InChI is InChI=1S/C14H19NO2/c1-10-6-5-7-11(2)13(10)15-14(16)12-8-3-4-9-17-12/h5-7,12H,3-4,8-9H2,1-2H3,(H,15,16). The molecule has 2 rings (SSSR count). The number of ether oxygens (including phenoxy) is 1. The molecule has 1 heterocycles. The molecule has 0 aromatic heterocycles. The molecule has 1 amide bonds. The maximum absolute atomic E-state index is 12.0. The summed E-state index contributed by atoms with van der Waals surface area (Å²) in [5.41, 5.74) is 3.11. The molecule has 1 aliphatic heterocycles. The lowest BCUT2D eigenvalue weighted by molar-refractivity contribution is -0.129. The van der Waals surface area contributed by atoms with Crippen molar-refractivity contribution in [2.45, 2.75) is 39.2 Å². The molecule has 1 fully saturated rings. The minimum Gasteiger partial charge on any atom is -0.368 e. The number of hydrogen-bond donors (Lipinski definition) is 1. The van der Waals surface area contributed by atoms with Crippen LogP contribution in [0.2, 0.25) is 0 Å². The number of para-hydroxylation sites is 1. The Balaban J connectivity index is 2.07. The first kappa shape index (κ1) is 12.1. The predicted octanol–water partition coefficient (Wildman–Crippen LogP) is 2.81. The van der Waals surface area contributed by atoms with Gasteiger partial charge in [-0.3, -0.25) is 4.79 Å². The summed E-state index contributed by atoms with van der Waals surface area (Å²) in [6.45, 7) is 4.71. The highest BCUT2D eigenvalue weighted by Crippen LogP contribution is 2.21. The van der Waals surface area contributed by atoms with Gasteiger partial charge in [0.25, 0.3) is 5.91 Å². The van der Waals surface area contributed by atoms with E-state index in [-0.39, 0.29) is 12.0 Å². The molecule has 0 spiro atoms. The number of anilines is 1. The quantitative estimate of drug-likeness (QED) is 0.853. The molecule has 1 aromatic rings. The maximum atomic E-state index is 12.0. The zero-order valence-corrected chi connectivity index (χ0v) is 10.5. The fourth-order valence-corrected chi connectivity index (χ4v) is 2.16. The Morgan fingerprint density at radius 1 is 1.29 bits per heavy atom. The lowest BCUT2D eigenvalue weighted by Gasteiger charge is -2.22. The molecule has 0 saturated carbocycles. The Morgan fingerprint density at radius 3 is 2.59 bits per heavy atom. The van der Waals surface area contributed by atoms with Gasteiger partial charge in [-0.1, -0.05) is 18.2 Å². The Bertz CT molecular complexity index is 388. The van der Waals surface area contributed by atoms with Crippen molar-refractivity contribution in [3.05, 3.63) is 29.3 Å². The molecule has 1 aliphatic rings. The molecule has 3 heteroatoms. The van der Waals surface area contributed by atoms with Crippen LogP contribution < -0.4 is 5.32 Å². The summed E-state index contributed by atoms with van der Waals surface area (Å²) in [7, 11) is 0. The summed E-state index contributed by atoms with van der Waals surface area (Å²) in [5, 5.41) is 2.98. The largest absolute Gasteiger partial charge is 0.368 e. The van der Waals surface area contributed by atoms with Crippen LogP contribution in [-0.2, 0) is 9.53 Å². The summed E-state index contributed by atoms with van der Waals surface area (Å²) < 4.78 is 5.48. The maximum Gasteiger partial charge on any atom is 0.253 e. The molecule has 1 unspecified atom stereocenters. The minimum absolute atomic E-state index is 0.0119. The highest BCUT2D eigenvalue weighted by Gasteiger charge is 2.22. The van der Waals surface area contributed by atoms with Crippen molar-refractivity contribution in [1.29, 1.82) is 0 Å². The molecule has 1 N–H and O–H groups in total. The average Bonchev–Trinajstić information content (AvgIpc) is 2.35. The van der Waals surface area contributed by atoms with E-state index >= 15 is 0 Å². The lowest BCUT2D eigenvalue weighted by Crippen LogP contribution is -2.33. The van der Waals surface area contributed by atoms with Crippen LogP contribution in [-0.4, -0.2) is 18.6 Å². The third-order valence-corrected chi connectivity index (χ3v) is 3.20. The van der Waals surface area contributed by atoms with Crippen molar-refractivity contribution in [3.63, 3.8) is 0 Å². The van der Waals surface area contributed by atoms with E-state index in [0.717, 1.165) is 36.1 Å². The highest BCUT2D eigenvalue weighted by molar-refractivity contribution is 5.95. The first-order valence-electron chi connectivity index (χ1n) is 6.17. The van der Waals surface area contributed by atoms with Crippen LogP contribution in [0.1, 0.15) is 30.4 Å². The van der Waals surface area contributed by atoms with Crippen LogP contribution >= 0.6 is 0 Å². The van der Waals surface area contributed by atoms with Gasteiger partial charge in [0.1, 0.15) is 6.10 Å². The van der Waals surface area contributed by atoms with Crippen molar-refractivity contribution < 1.29 is 9.53 Å². The Labute approximate surface area is 102 Å². The SMILES string of the molecule is Cc1cccc(C)c1NC(=O)C1CCCCO1. The predicted molar refractivity (Wildman–Crippen MR) is 68.1 cm³/mol. The van der Waals surface area contributed by atoms with E-state index < -0.39 is 0 Å². The van der Waals surface area contributed by atoms with E-state index in [1.165, 1.54) is 0 Å². The van der Waals surface area contributed by atoms with Gasteiger partial charge in [-0.15, -0.1) is 0 Å². The molecule has 0 aliphatic carbocycles. The van der Waals surface area contributed by atoms with E-state index in [1.807, 2.05) is 32.0 Å². The Morgan fingerprint density at radius 2 is 2.00 bits per heavy atom. The summed E-state index contributed by atoms with van der Waals surface area (Å²) in [6.07, 6.45) is 2.69. The van der Waals surface area contributed by atoms with E-state index in [2.05, 4.69) is 5.32 Å². The van der Waals surface area contributed by atoms with Crippen LogP contribution in [0, 0.1) is 13.8 Å². The van der Waals surface area contributed by atoms with Crippen LogP contribution in [0.5, 0.6) is 0 Å². The normalized spacial score (nSPS) is 20.0. The van der Waals surface area contributed by atoms with Crippen molar-refractivity contribution in [2.75, 3.05) is 11.9 Å². The first-order chi connectivity index (χ1) is 8.18. The number of benzene rings is 1. The number of amides is 1. The van der Waals surface area contributed by atoms with Crippen molar-refractivity contribution >= 4 is 11.6 Å². The molecule has 0 radical (unpaired) electrons. The molecule has 17 heavy (non-hydrogen) atoms. The zero-order chi connectivity index (χ0) is 12.3. The van der Waals surface area contributed by atoms with Gasteiger partial charge in [0, 0.05) is 12.3 Å². The third-order valence-electron chi connectivity index (χ3n) is 3.20. The Kier molecular flexibility index (Phi) is 3.79. The minimum atomic E-state index is -0.275. The third kappa shape index (κ3) is 2.86. The van der Waals surface area contributed by atoms with Gasteiger partial charge in [-0.25, -0.2) is 0 Å². The fourth-order valence-electron chi connectivity index (χ4n) is 2.16. The lowest BCUT2D eigenvalue weighted by atomic mass is 10.1. The van der Waals surface area contributed by atoms with Gasteiger partial charge < -0.3 is 10.1 Å². The second-order valence-corrected chi connectivity index (χ2v) is 4.61. The molecule has 0 bridgehead atoms. The summed E-state index contributed by atoms with van der Waals surface area (Å²) in [5.74, 6) is -0.0119.